The van der Waals surface area contributed by atoms with Gasteiger partial charge in [0.25, 0.3) is 5.91 Å². The Hall–Kier alpha value is -3.61. The third-order valence-corrected chi connectivity index (χ3v) is 4.28. The number of hydrogen-bond donors (Lipinski definition) is 1. The number of hydrogen-bond acceptors (Lipinski definition) is 2. The topological polar surface area (TPSA) is 46.9 Å². The number of carbonyl (C=O) groups excluding carboxylic acids is 1. The van der Waals surface area contributed by atoms with E-state index in [1.165, 1.54) is 12.1 Å². The molecule has 0 fully saturated rings. The molecule has 1 N–H and O–H groups in total. The number of benzene rings is 3. The second-order valence-electron chi connectivity index (χ2n) is 6.31. The van der Waals surface area contributed by atoms with Gasteiger partial charge in [-0.3, -0.25) is 4.79 Å². The molecule has 4 rings (SSSR count). The highest BCUT2D eigenvalue weighted by Crippen LogP contribution is 2.24. The molecule has 1 amide bonds. The highest BCUT2D eigenvalue weighted by molar-refractivity contribution is 6.03. The molecule has 0 bridgehead atoms. The molecule has 140 valence electrons. The van der Waals surface area contributed by atoms with Crippen molar-refractivity contribution < 1.29 is 18.0 Å². The monoisotopic (exact) mass is 381 g/mol. The van der Waals surface area contributed by atoms with E-state index in [1.807, 2.05) is 12.1 Å². The van der Waals surface area contributed by atoms with Gasteiger partial charge in [-0.2, -0.15) is 5.10 Å². The van der Waals surface area contributed by atoms with Crippen LogP contribution >= 0.6 is 0 Å². The van der Waals surface area contributed by atoms with Crippen molar-refractivity contribution in [3.63, 3.8) is 0 Å². The van der Waals surface area contributed by atoms with E-state index in [1.54, 1.807) is 25.1 Å². The summed E-state index contributed by atoms with van der Waals surface area (Å²) in [6, 6.07) is 14.3. The van der Waals surface area contributed by atoms with Crippen LogP contribution in [0.3, 0.4) is 0 Å². The Morgan fingerprint density at radius 2 is 1.64 bits per heavy atom. The summed E-state index contributed by atoms with van der Waals surface area (Å²) in [7, 11) is 0. The molecule has 3 aromatic carbocycles. The number of carbonyl (C=O) groups is 1. The number of rotatable bonds is 3. The van der Waals surface area contributed by atoms with Gasteiger partial charge >= 0.3 is 0 Å². The number of nitrogens with zero attached hydrogens (tertiary/aromatic N) is 2. The molecule has 0 atom stereocenters. The van der Waals surface area contributed by atoms with Crippen LogP contribution in [0, 0.1) is 24.4 Å². The molecule has 0 spiro atoms. The molecule has 0 unspecified atom stereocenters. The lowest BCUT2D eigenvalue weighted by molar-refractivity contribution is 0.101. The zero-order valence-corrected chi connectivity index (χ0v) is 14.7. The van der Waals surface area contributed by atoms with Gasteiger partial charge in [0.05, 0.1) is 11.4 Å². The first kappa shape index (κ1) is 17.8. The summed E-state index contributed by atoms with van der Waals surface area (Å²) in [6.45, 7) is 1.65. The normalized spacial score (nSPS) is 11.0. The summed E-state index contributed by atoms with van der Waals surface area (Å²) in [5.41, 5.74) is 0.235. The molecule has 0 aliphatic carbocycles. The van der Waals surface area contributed by atoms with Gasteiger partial charge in [0.2, 0.25) is 0 Å². The molecule has 1 aromatic heterocycles. The van der Waals surface area contributed by atoms with Crippen molar-refractivity contribution in [2.45, 2.75) is 6.92 Å². The Morgan fingerprint density at radius 1 is 0.929 bits per heavy atom. The van der Waals surface area contributed by atoms with E-state index >= 15 is 0 Å². The van der Waals surface area contributed by atoms with Gasteiger partial charge in [-0.1, -0.05) is 24.3 Å². The molecule has 0 aliphatic rings. The van der Waals surface area contributed by atoms with Gasteiger partial charge in [-0.15, -0.1) is 0 Å². The van der Waals surface area contributed by atoms with Crippen LogP contribution in [0.4, 0.5) is 18.9 Å². The molecular weight excluding hydrogens is 367 g/mol. The number of halogens is 3. The van der Waals surface area contributed by atoms with E-state index in [4.69, 9.17) is 0 Å². The van der Waals surface area contributed by atoms with Crippen molar-refractivity contribution in [1.82, 2.24) is 9.78 Å². The third-order valence-electron chi connectivity index (χ3n) is 4.28. The Labute approximate surface area is 158 Å². The molecule has 0 radical (unpaired) electrons. The maximum atomic E-state index is 14.7. The fourth-order valence-electron chi connectivity index (χ4n) is 2.99. The molecule has 4 nitrogen and oxygen atoms in total. The molecule has 0 saturated heterocycles. The quantitative estimate of drug-likeness (QED) is 0.543. The van der Waals surface area contributed by atoms with Crippen LogP contribution < -0.4 is 5.32 Å². The molecule has 0 aliphatic heterocycles. The zero-order chi connectivity index (χ0) is 19.8. The standard InChI is InChI=1S/C21H14F3N3O/c1-12-8-20(21(28)25-18-11-15(22)6-7-16(18)23)27(26-12)19-10-14-5-3-2-4-13(14)9-17(19)24/h2-11H,1H3,(H,25,28). The number of aryl methyl sites for hydroxylation is 1. The fraction of sp³-hybridized carbons (Fsp3) is 0.0476. The lowest BCUT2D eigenvalue weighted by Gasteiger charge is -2.11. The minimum atomic E-state index is -0.783. The molecule has 1 heterocycles. The maximum Gasteiger partial charge on any atom is 0.274 e. The average Bonchev–Trinajstić information content (AvgIpc) is 3.05. The minimum absolute atomic E-state index is 0.00431. The summed E-state index contributed by atoms with van der Waals surface area (Å²) in [4.78, 5) is 12.7. The SMILES string of the molecule is Cc1cc(C(=O)Nc2cc(F)ccc2F)n(-c2cc3ccccc3cc2F)n1. The van der Waals surface area contributed by atoms with Gasteiger partial charge in [0.15, 0.2) is 0 Å². The van der Waals surface area contributed by atoms with Crippen LogP contribution in [0.25, 0.3) is 16.5 Å². The van der Waals surface area contributed by atoms with E-state index in [0.717, 1.165) is 28.3 Å². The van der Waals surface area contributed by atoms with Crippen molar-refractivity contribution in [2.75, 3.05) is 5.32 Å². The van der Waals surface area contributed by atoms with E-state index < -0.39 is 23.4 Å². The second kappa shape index (κ2) is 6.84. The lowest BCUT2D eigenvalue weighted by Crippen LogP contribution is -2.18. The van der Waals surface area contributed by atoms with Crippen LogP contribution in [0.1, 0.15) is 16.2 Å². The van der Waals surface area contributed by atoms with Crippen molar-refractivity contribution in [3.05, 3.63) is 89.5 Å². The van der Waals surface area contributed by atoms with Crippen LogP contribution in [-0.4, -0.2) is 15.7 Å². The van der Waals surface area contributed by atoms with Gasteiger partial charge < -0.3 is 5.32 Å². The first-order chi connectivity index (χ1) is 13.4. The van der Waals surface area contributed by atoms with Crippen molar-refractivity contribution >= 4 is 22.4 Å². The van der Waals surface area contributed by atoms with Crippen molar-refractivity contribution in [2.24, 2.45) is 0 Å². The van der Waals surface area contributed by atoms with Gasteiger partial charge in [0, 0.05) is 6.07 Å². The summed E-state index contributed by atoms with van der Waals surface area (Å²) in [5, 5.41) is 7.99. The van der Waals surface area contributed by atoms with Crippen LogP contribution in [0.2, 0.25) is 0 Å². The summed E-state index contributed by atoms with van der Waals surface area (Å²) in [6.07, 6.45) is 0. The van der Waals surface area contributed by atoms with Crippen molar-refractivity contribution in [1.29, 1.82) is 0 Å². The smallest absolute Gasteiger partial charge is 0.274 e. The zero-order valence-electron chi connectivity index (χ0n) is 14.7. The van der Waals surface area contributed by atoms with Gasteiger partial charge in [-0.25, -0.2) is 17.9 Å². The van der Waals surface area contributed by atoms with Crippen LogP contribution in [0.15, 0.2) is 60.7 Å². The van der Waals surface area contributed by atoms with E-state index in [0.29, 0.717) is 11.1 Å². The van der Waals surface area contributed by atoms with Crippen LogP contribution in [-0.2, 0) is 0 Å². The molecule has 28 heavy (non-hydrogen) atoms. The Bertz CT molecular complexity index is 1220. The number of nitrogens with one attached hydrogen (secondary N) is 1. The summed E-state index contributed by atoms with van der Waals surface area (Å²) in [5.74, 6) is -2.78. The number of fused-ring (bicyclic) bond motifs is 1. The second-order valence-corrected chi connectivity index (χ2v) is 6.31. The molecular formula is C21H14F3N3O. The first-order valence-electron chi connectivity index (χ1n) is 8.44. The lowest BCUT2D eigenvalue weighted by atomic mass is 10.1. The highest BCUT2D eigenvalue weighted by Gasteiger charge is 2.19. The molecule has 7 heteroatoms. The number of amides is 1. The van der Waals surface area contributed by atoms with Gasteiger partial charge in [0.1, 0.15) is 28.8 Å². The third kappa shape index (κ3) is 3.22. The van der Waals surface area contributed by atoms with E-state index in [2.05, 4.69) is 10.4 Å². The Kier molecular flexibility index (Phi) is 4.35. The summed E-state index contributed by atoms with van der Waals surface area (Å²) < 4.78 is 43.1. The first-order valence-corrected chi connectivity index (χ1v) is 8.44. The molecule has 4 aromatic rings. The van der Waals surface area contributed by atoms with E-state index in [9.17, 15) is 18.0 Å². The maximum absolute atomic E-state index is 14.7. The minimum Gasteiger partial charge on any atom is -0.318 e. The number of anilines is 1. The Morgan fingerprint density at radius 3 is 2.39 bits per heavy atom. The summed E-state index contributed by atoms with van der Waals surface area (Å²) >= 11 is 0. The molecule has 0 saturated carbocycles. The Balaban J connectivity index is 1.78. The predicted octanol–water partition coefficient (Wildman–Crippen LogP) is 5.00. The van der Waals surface area contributed by atoms with Crippen LogP contribution in [0.5, 0.6) is 0 Å². The van der Waals surface area contributed by atoms with E-state index in [-0.39, 0.29) is 17.1 Å². The predicted molar refractivity (Wildman–Crippen MR) is 100 cm³/mol. The average molecular weight is 381 g/mol. The van der Waals surface area contributed by atoms with Gasteiger partial charge in [-0.05, 0) is 48.0 Å². The number of aromatic nitrogens is 2. The largest absolute Gasteiger partial charge is 0.318 e. The highest BCUT2D eigenvalue weighted by atomic mass is 19.1. The fourth-order valence-corrected chi connectivity index (χ4v) is 2.99. The van der Waals surface area contributed by atoms with Crippen molar-refractivity contribution in [3.8, 4) is 5.69 Å².